The summed E-state index contributed by atoms with van der Waals surface area (Å²) in [5.74, 6) is 1.15. The van der Waals surface area contributed by atoms with Gasteiger partial charge < -0.3 is 20.5 Å². The van der Waals surface area contributed by atoms with Crippen molar-refractivity contribution in [2.24, 2.45) is 5.73 Å². The van der Waals surface area contributed by atoms with Crippen LogP contribution in [0.5, 0.6) is 0 Å². The van der Waals surface area contributed by atoms with Crippen molar-refractivity contribution in [3.63, 3.8) is 0 Å². The summed E-state index contributed by atoms with van der Waals surface area (Å²) in [6.45, 7) is 5.18. The Labute approximate surface area is 190 Å². The molecule has 32 heavy (non-hydrogen) atoms. The van der Waals surface area contributed by atoms with Crippen LogP contribution in [0.25, 0.3) is 11.4 Å². The standard InChI is InChI=1S/C22H26N6O3S/c1-15-5-2-3-6-16(15)21-25-19(31-26-21)14-27-8-10-28(11-9-27)20(29)13-17(24-22(23)30)18-7-4-12-32-18/h2-7,12,17H,8-11,13-14H2,1H3,(H3,23,24,30). The van der Waals surface area contributed by atoms with Gasteiger partial charge in [0.1, 0.15) is 0 Å². The summed E-state index contributed by atoms with van der Waals surface area (Å²) < 4.78 is 5.45. The molecule has 0 aliphatic carbocycles. The Kier molecular flexibility index (Phi) is 6.81. The maximum Gasteiger partial charge on any atom is 0.312 e. The van der Waals surface area contributed by atoms with Crippen LogP contribution >= 0.6 is 11.3 Å². The topological polar surface area (TPSA) is 118 Å². The number of nitrogens with one attached hydrogen (secondary N) is 1. The summed E-state index contributed by atoms with van der Waals surface area (Å²) >= 11 is 1.49. The summed E-state index contributed by atoms with van der Waals surface area (Å²) in [5, 5.41) is 8.71. The molecule has 1 aromatic carbocycles. The monoisotopic (exact) mass is 454 g/mol. The van der Waals surface area contributed by atoms with E-state index in [1.54, 1.807) is 0 Å². The molecule has 4 rings (SSSR count). The third kappa shape index (κ3) is 5.32. The summed E-state index contributed by atoms with van der Waals surface area (Å²) in [6, 6.07) is 10.7. The van der Waals surface area contributed by atoms with Gasteiger partial charge in [0.15, 0.2) is 0 Å². The quantitative estimate of drug-likeness (QED) is 0.567. The fraction of sp³-hybridized carbons (Fsp3) is 0.364. The molecule has 0 radical (unpaired) electrons. The largest absolute Gasteiger partial charge is 0.352 e. The van der Waals surface area contributed by atoms with Crippen LogP contribution in [0.4, 0.5) is 4.79 Å². The van der Waals surface area contributed by atoms with Crippen LogP contribution < -0.4 is 11.1 Å². The number of aromatic nitrogens is 2. The molecule has 1 atom stereocenters. The van der Waals surface area contributed by atoms with Gasteiger partial charge in [0.2, 0.25) is 17.6 Å². The molecule has 1 saturated heterocycles. The number of benzene rings is 1. The third-order valence-corrected chi connectivity index (χ3v) is 6.51. The predicted molar refractivity (Wildman–Crippen MR) is 121 cm³/mol. The first kappa shape index (κ1) is 22.0. The molecule has 1 aliphatic heterocycles. The van der Waals surface area contributed by atoms with Crippen LogP contribution in [0.3, 0.4) is 0 Å². The van der Waals surface area contributed by atoms with E-state index in [2.05, 4.69) is 20.4 Å². The number of rotatable bonds is 7. The van der Waals surface area contributed by atoms with E-state index in [1.807, 2.05) is 53.6 Å². The number of nitrogens with two attached hydrogens (primary N) is 1. The van der Waals surface area contributed by atoms with E-state index in [0.717, 1.165) is 16.0 Å². The summed E-state index contributed by atoms with van der Waals surface area (Å²) in [7, 11) is 0. The maximum atomic E-state index is 12.8. The minimum atomic E-state index is -0.634. The molecule has 1 fully saturated rings. The van der Waals surface area contributed by atoms with Crippen LogP contribution in [0.2, 0.25) is 0 Å². The van der Waals surface area contributed by atoms with Crippen LogP contribution in [0, 0.1) is 6.92 Å². The Bertz CT molecular complexity index is 1060. The van der Waals surface area contributed by atoms with Crippen LogP contribution in [-0.2, 0) is 11.3 Å². The van der Waals surface area contributed by atoms with Gasteiger partial charge in [0.25, 0.3) is 0 Å². The van der Waals surface area contributed by atoms with E-state index in [4.69, 9.17) is 10.3 Å². The molecular formula is C22H26N6O3S. The number of amides is 3. The molecule has 9 nitrogen and oxygen atoms in total. The number of hydrogen-bond donors (Lipinski definition) is 2. The van der Waals surface area contributed by atoms with Crippen LogP contribution in [0.15, 0.2) is 46.3 Å². The number of carbonyl (C=O) groups is 2. The highest BCUT2D eigenvalue weighted by Crippen LogP contribution is 2.24. The zero-order valence-electron chi connectivity index (χ0n) is 17.9. The molecule has 3 amide bonds. The summed E-state index contributed by atoms with van der Waals surface area (Å²) in [4.78, 5) is 33.6. The molecule has 3 aromatic rings. The second-order valence-electron chi connectivity index (χ2n) is 7.76. The molecular weight excluding hydrogens is 428 g/mol. The molecule has 3 N–H and O–H groups in total. The minimum absolute atomic E-state index is 0.00331. The molecule has 0 bridgehead atoms. The normalized spacial score (nSPS) is 15.5. The van der Waals surface area contributed by atoms with Crippen LogP contribution in [-0.4, -0.2) is 58.1 Å². The smallest absolute Gasteiger partial charge is 0.312 e. The van der Waals surface area contributed by atoms with E-state index >= 15 is 0 Å². The summed E-state index contributed by atoms with van der Waals surface area (Å²) in [6.07, 6.45) is 0.187. The fourth-order valence-electron chi connectivity index (χ4n) is 3.79. The van der Waals surface area contributed by atoms with Gasteiger partial charge >= 0.3 is 6.03 Å². The molecule has 0 saturated carbocycles. The number of urea groups is 1. The van der Waals surface area contributed by atoms with Gasteiger partial charge in [-0.25, -0.2) is 4.79 Å². The SMILES string of the molecule is Cc1ccccc1-c1noc(CN2CCN(C(=O)CC(NC(N)=O)c3cccs3)CC2)n1. The first-order valence-electron chi connectivity index (χ1n) is 10.5. The molecule has 168 valence electrons. The van der Waals surface area contributed by atoms with Gasteiger partial charge in [-0.2, -0.15) is 4.98 Å². The Morgan fingerprint density at radius 3 is 2.66 bits per heavy atom. The highest BCUT2D eigenvalue weighted by atomic mass is 32.1. The van der Waals surface area contributed by atoms with Crippen molar-refractivity contribution in [3.8, 4) is 11.4 Å². The Balaban J connectivity index is 1.30. The van der Waals surface area contributed by atoms with Crippen molar-refractivity contribution in [1.29, 1.82) is 0 Å². The average Bonchev–Trinajstić information content (AvgIpc) is 3.46. The highest BCUT2D eigenvalue weighted by molar-refractivity contribution is 7.10. The first-order valence-corrected chi connectivity index (χ1v) is 11.4. The first-order chi connectivity index (χ1) is 15.5. The lowest BCUT2D eigenvalue weighted by Gasteiger charge is -2.34. The zero-order chi connectivity index (χ0) is 22.5. The number of carbonyl (C=O) groups excluding carboxylic acids is 2. The zero-order valence-corrected chi connectivity index (χ0v) is 18.7. The van der Waals surface area contributed by atoms with E-state index in [1.165, 1.54) is 11.3 Å². The number of hydrogen-bond acceptors (Lipinski definition) is 7. The number of thiophene rings is 1. The fourth-order valence-corrected chi connectivity index (χ4v) is 4.56. The van der Waals surface area contributed by atoms with Gasteiger partial charge in [-0.05, 0) is 23.9 Å². The van der Waals surface area contributed by atoms with Crippen molar-refractivity contribution in [2.75, 3.05) is 26.2 Å². The predicted octanol–water partition coefficient (Wildman–Crippen LogP) is 2.55. The Morgan fingerprint density at radius 2 is 1.97 bits per heavy atom. The number of primary amides is 1. The van der Waals surface area contributed by atoms with Gasteiger partial charge in [0, 0.05) is 36.6 Å². The number of piperazine rings is 1. The van der Waals surface area contributed by atoms with Crippen molar-refractivity contribution in [3.05, 3.63) is 58.1 Å². The van der Waals surface area contributed by atoms with E-state index in [9.17, 15) is 9.59 Å². The van der Waals surface area contributed by atoms with E-state index in [0.29, 0.717) is 44.4 Å². The van der Waals surface area contributed by atoms with Crippen molar-refractivity contribution in [2.45, 2.75) is 25.9 Å². The highest BCUT2D eigenvalue weighted by Gasteiger charge is 2.26. The molecule has 1 aliphatic rings. The lowest BCUT2D eigenvalue weighted by Crippen LogP contribution is -2.49. The Morgan fingerprint density at radius 1 is 1.19 bits per heavy atom. The van der Waals surface area contributed by atoms with Gasteiger partial charge in [-0.15, -0.1) is 11.3 Å². The van der Waals surface area contributed by atoms with Crippen molar-refractivity contribution >= 4 is 23.3 Å². The summed E-state index contributed by atoms with van der Waals surface area (Å²) in [5.41, 5.74) is 7.35. The number of aryl methyl sites for hydroxylation is 1. The molecule has 3 heterocycles. The van der Waals surface area contributed by atoms with Gasteiger partial charge in [-0.3, -0.25) is 9.69 Å². The molecule has 2 aromatic heterocycles. The van der Waals surface area contributed by atoms with Crippen molar-refractivity contribution in [1.82, 2.24) is 25.3 Å². The number of nitrogens with zero attached hydrogens (tertiary/aromatic N) is 4. The molecule has 0 spiro atoms. The maximum absolute atomic E-state index is 12.8. The minimum Gasteiger partial charge on any atom is -0.352 e. The second-order valence-corrected chi connectivity index (χ2v) is 8.74. The van der Waals surface area contributed by atoms with E-state index < -0.39 is 12.1 Å². The van der Waals surface area contributed by atoms with Crippen molar-refractivity contribution < 1.29 is 14.1 Å². The Hall–Kier alpha value is -3.24. The van der Waals surface area contributed by atoms with Gasteiger partial charge in [-0.1, -0.05) is 35.5 Å². The lowest BCUT2D eigenvalue weighted by atomic mass is 10.1. The molecule has 10 heteroatoms. The molecule has 1 unspecified atom stereocenters. The van der Waals surface area contributed by atoms with Gasteiger partial charge in [0.05, 0.1) is 19.0 Å². The van der Waals surface area contributed by atoms with E-state index in [-0.39, 0.29) is 12.3 Å². The third-order valence-electron chi connectivity index (χ3n) is 5.52. The second kappa shape index (κ2) is 9.92. The average molecular weight is 455 g/mol. The lowest BCUT2D eigenvalue weighted by molar-refractivity contribution is -0.133. The van der Waals surface area contributed by atoms with Crippen LogP contribution in [0.1, 0.15) is 28.8 Å².